The molecule has 2 aromatic carbocycles. The van der Waals surface area contributed by atoms with Crippen molar-refractivity contribution in [3.05, 3.63) is 84.8 Å². The molecule has 0 spiro atoms. The van der Waals surface area contributed by atoms with Gasteiger partial charge in [0.1, 0.15) is 5.75 Å². The summed E-state index contributed by atoms with van der Waals surface area (Å²) in [7, 11) is 1.55. The lowest BCUT2D eigenvalue weighted by atomic mass is 9.88. The molecule has 0 radical (unpaired) electrons. The molecule has 4 heterocycles. The Labute approximate surface area is 205 Å². The summed E-state index contributed by atoms with van der Waals surface area (Å²) < 4.78 is 6.82. The molecule has 9 nitrogen and oxygen atoms in total. The highest BCUT2D eigenvalue weighted by atomic mass is 16.5. The fourth-order valence-corrected chi connectivity index (χ4v) is 4.70. The smallest absolute Gasteiger partial charge is 0.322 e. The van der Waals surface area contributed by atoms with Gasteiger partial charge >= 0.3 is 6.03 Å². The molecule has 0 unspecified atom stereocenters. The fraction of sp³-hybridized carbons (Fsp3) is 0.111. The van der Waals surface area contributed by atoms with Crippen molar-refractivity contribution in [2.75, 3.05) is 7.11 Å². The number of carbonyl (C=O) groups excluding carboxylic acids is 2. The first kappa shape index (κ1) is 21.6. The average molecular weight is 479 g/mol. The Hall–Kier alpha value is -4.92. The molecule has 9 heteroatoms. The lowest BCUT2D eigenvalue weighted by Gasteiger charge is -2.27. The Morgan fingerprint density at radius 3 is 2.58 bits per heavy atom. The molecule has 0 bridgehead atoms. The van der Waals surface area contributed by atoms with E-state index in [9.17, 15) is 14.7 Å². The van der Waals surface area contributed by atoms with E-state index >= 15 is 0 Å². The minimum absolute atomic E-state index is 0.00402. The summed E-state index contributed by atoms with van der Waals surface area (Å²) in [6, 6.07) is 17.9. The van der Waals surface area contributed by atoms with E-state index in [1.165, 1.54) is 0 Å². The summed E-state index contributed by atoms with van der Waals surface area (Å²) in [5.74, 6) is 0.0878. The SMILES string of the molecule is COc1ccc2cn(C[C@]3(c4ccc(-c5cnc6ncccc6c5)cc4)NC(=O)NC3=O)c(O)c2c1. The van der Waals surface area contributed by atoms with Crippen LogP contribution in [-0.2, 0) is 16.9 Å². The molecule has 0 saturated carbocycles. The van der Waals surface area contributed by atoms with Crippen LogP contribution in [0.1, 0.15) is 5.56 Å². The number of aromatic hydroxyl groups is 1. The number of urea groups is 1. The zero-order valence-corrected chi connectivity index (χ0v) is 19.2. The first-order valence-corrected chi connectivity index (χ1v) is 11.3. The zero-order valence-electron chi connectivity index (χ0n) is 19.2. The van der Waals surface area contributed by atoms with Crippen LogP contribution in [0.15, 0.2) is 79.3 Å². The number of nitrogens with one attached hydrogen (secondary N) is 2. The standard InChI is InChI=1S/C27H21N5O4/c1-36-21-9-6-18-14-32(24(33)22(18)12-21)15-27(25(34)30-26(35)31-27)20-7-4-16(5-8-20)19-11-17-3-2-10-28-23(17)29-13-19/h2-14,33H,15H2,1H3,(H2,30,31,34,35)/t27-/m1/s1. The van der Waals surface area contributed by atoms with Gasteiger partial charge in [-0.1, -0.05) is 24.3 Å². The van der Waals surface area contributed by atoms with Crippen LogP contribution in [-0.4, -0.2) is 38.7 Å². The maximum Gasteiger partial charge on any atom is 0.322 e. The van der Waals surface area contributed by atoms with E-state index in [0.29, 0.717) is 22.3 Å². The molecule has 3 aromatic heterocycles. The molecule has 0 aliphatic carbocycles. The lowest BCUT2D eigenvalue weighted by molar-refractivity contribution is -0.124. The molecule has 1 fully saturated rings. The van der Waals surface area contributed by atoms with Crippen molar-refractivity contribution in [3.63, 3.8) is 0 Å². The van der Waals surface area contributed by atoms with Crippen LogP contribution in [0.2, 0.25) is 0 Å². The number of amides is 3. The Kier molecular flexibility index (Phi) is 4.85. The van der Waals surface area contributed by atoms with Gasteiger partial charge in [-0.2, -0.15) is 0 Å². The molecule has 6 rings (SSSR count). The monoisotopic (exact) mass is 479 g/mol. The van der Waals surface area contributed by atoms with Crippen molar-refractivity contribution in [2.45, 2.75) is 12.1 Å². The van der Waals surface area contributed by atoms with Crippen molar-refractivity contribution in [1.82, 2.24) is 25.2 Å². The topological polar surface area (TPSA) is 118 Å². The third-order valence-electron chi connectivity index (χ3n) is 6.58. The minimum atomic E-state index is -1.40. The van der Waals surface area contributed by atoms with Crippen LogP contribution in [0.3, 0.4) is 0 Å². The van der Waals surface area contributed by atoms with Gasteiger partial charge in [-0.05, 0) is 47.5 Å². The third kappa shape index (κ3) is 3.40. The first-order chi connectivity index (χ1) is 17.5. The van der Waals surface area contributed by atoms with Gasteiger partial charge < -0.3 is 19.7 Å². The van der Waals surface area contributed by atoms with Crippen molar-refractivity contribution >= 4 is 33.7 Å². The molecular formula is C27H21N5O4. The van der Waals surface area contributed by atoms with Crippen LogP contribution < -0.4 is 15.4 Å². The Morgan fingerprint density at radius 2 is 1.83 bits per heavy atom. The van der Waals surface area contributed by atoms with Crippen molar-refractivity contribution in [2.24, 2.45) is 0 Å². The summed E-state index contributed by atoms with van der Waals surface area (Å²) in [6.07, 6.45) is 5.20. The van der Waals surface area contributed by atoms with Crippen molar-refractivity contribution in [3.8, 4) is 22.8 Å². The molecule has 1 saturated heterocycles. The quantitative estimate of drug-likeness (QED) is 0.331. The van der Waals surface area contributed by atoms with Gasteiger partial charge in [-0.25, -0.2) is 14.8 Å². The zero-order chi connectivity index (χ0) is 24.9. The predicted octanol–water partition coefficient (Wildman–Crippen LogP) is 3.70. The highest BCUT2D eigenvalue weighted by Crippen LogP contribution is 2.35. The molecule has 36 heavy (non-hydrogen) atoms. The fourth-order valence-electron chi connectivity index (χ4n) is 4.70. The van der Waals surface area contributed by atoms with Crippen LogP contribution in [0.25, 0.3) is 32.9 Å². The van der Waals surface area contributed by atoms with E-state index in [0.717, 1.165) is 21.9 Å². The van der Waals surface area contributed by atoms with Crippen molar-refractivity contribution < 1.29 is 19.4 Å². The summed E-state index contributed by atoms with van der Waals surface area (Å²) in [5.41, 5.74) is 1.65. The summed E-state index contributed by atoms with van der Waals surface area (Å²) in [6.45, 7) is -0.00402. The highest BCUT2D eigenvalue weighted by Gasteiger charge is 2.48. The first-order valence-electron chi connectivity index (χ1n) is 11.3. The normalized spacial score (nSPS) is 17.4. The van der Waals surface area contributed by atoms with Crippen LogP contribution in [0.5, 0.6) is 11.6 Å². The third-order valence-corrected chi connectivity index (χ3v) is 6.58. The van der Waals surface area contributed by atoms with E-state index in [4.69, 9.17) is 4.74 Å². The number of benzene rings is 2. The highest BCUT2D eigenvalue weighted by molar-refractivity contribution is 6.07. The number of ether oxygens (including phenoxy) is 1. The summed E-state index contributed by atoms with van der Waals surface area (Å²) in [4.78, 5) is 34.0. The molecule has 1 aliphatic rings. The lowest BCUT2D eigenvalue weighted by Crippen LogP contribution is -2.47. The molecule has 5 aromatic rings. The number of aromatic nitrogens is 3. The Bertz CT molecular complexity index is 1660. The van der Waals surface area contributed by atoms with E-state index in [1.807, 2.05) is 36.4 Å². The molecule has 1 aliphatic heterocycles. The van der Waals surface area contributed by atoms with Gasteiger partial charge in [0.25, 0.3) is 5.91 Å². The molecule has 1 atom stereocenters. The number of carbonyl (C=O) groups is 2. The second-order valence-corrected chi connectivity index (χ2v) is 8.70. The van der Waals surface area contributed by atoms with E-state index in [2.05, 4.69) is 20.6 Å². The predicted molar refractivity (Wildman–Crippen MR) is 133 cm³/mol. The molecule has 3 N–H and O–H groups in total. The second kappa shape index (κ2) is 8.09. The number of rotatable bonds is 5. The number of imide groups is 1. The maximum atomic E-state index is 13.1. The molecule has 178 valence electrons. The van der Waals surface area contributed by atoms with Crippen molar-refractivity contribution in [1.29, 1.82) is 0 Å². The van der Waals surface area contributed by atoms with Gasteiger partial charge in [-0.3, -0.25) is 10.1 Å². The van der Waals surface area contributed by atoms with Gasteiger partial charge in [0.05, 0.1) is 13.7 Å². The molecule has 3 amide bonds. The van der Waals surface area contributed by atoms with Gasteiger partial charge in [0.15, 0.2) is 17.1 Å². The number of hydrogen-bond donors (Lipinski definition) is 3. The Morgan fingerprint density at radius 1 is 1.00 bits per heavy atom. The number of pyridine rings is 2. The summed E-state index contributed by atoms with van der Waals surface area (Å²) in [5, 5.41) is 18.3. The number of hydrogen-bond acceptors (Lipinski definition) is 6. The van der Waals surface area contributed by atoms with Gasteiger partial charge in [0, 0.05) is 40.3 Å². The minimum Gasteiger partial charge on any atom is -0.497 e. The average Bonchev–Trinajstić information content (AvgIpc) is 3.38. The number of fused-ring (bicyclic) bond motifs is 2. The van der Waals surface area contributed by atoms with E-state index in [1.54, 1.807) is 54.5 Å². The van der Waals surface area contributed by atoms with Gasteiger partial charge in [0.2, 0.25) is 0 Å². The van der Waals surface area contributed by atoms with E-state index in [-0.39, 0.29) is 12.4 Å². The summed E-state index contributed by atoms with van der Waals surface area (Å²) >= 11 is 0. The second-order valence-electron chi connectivity index (χ2n) is 8.70. The van der Waals surface area contributed by atoms with Crippen LogP contribution in [0, 0.1) is 0 Å². The van der Waals surface area contributed by atoms with E-state index < -0.39 is 17.5 Å². The largest absolute Gasteiger partial charge is 0.497 e. The maximum absolute atomic E-state index is 13.1. The molecular weight excluding hydrogens is 458 g/mol. The van der Waals surface area contributed by atoms with Crippen LogP contribution in [0.4, 0.5) is 4.79 Å². The van der Waals surface area contributed by atoms with Crippen LogP contribution >= 0.6 is 0 Å². The number of methoxy groups -OCH3 is 1. The van der Waals surface area contributed by atoms with Gasteiger partial charge in [-0.15, -0.1) is 0 Å². The number of nitrogens with zero attached hydrogens (tertiary/aromatic N) is 3. The Balaban J connectivity index is 1.39.